The number of carbonyl (C=O) groups excluding carboxylic acids is 1. The molecule has 98 valence electrons. The molecule has 3 atom stereocenters. The van der Waals surface area contributed by atoms with Gasteiger partial charge in [0, 0.05) is 10.9 Å². The van der Waals surface area contributed by atoms with Crippen LogP contribution in [0, 0.1) is 17.2 Å². The molecule has 3 unspecified atom stereocenters. The topological polar surface area (TPSA) is 52.9 Å². The monoisotopic (exact) mass is 272 g/mol. The van der Waals surface area contributed by atoms with Crippen LogP contribution >= 0.6 is 11.8 Å². The molecule has 1 aliphatic carbocycles. The minimum absolute atomic E-state index is 0.00210. The van der Waals surface area contributed by atoms with Crippen LogP contribution in [-0.2, 0) is 11.2 Å². The van der Waals surface area contributed by atoms with Gasteiger partial charge in [-0.1, -0.05) is 18.2 Å². The van der Waals surface area contributed by atoms with E-state index in [0.717, 1.165) is 25.7 Å². The highest BCUT2D eigenvalue weighted by molar-refractivity contribution is 8.01. The number of rotatable bonds is 2. The molecular formula is C15H16N2OS. The third-order valence-corrected chi connectivity index (χ3v) is 5.27. The maximum absolute atomic E-state index is 12.3. The lowest BCUT2D eigenvalue weighted by Gasteiger charge is -2.18. The van der Waals surface area contributed by atoms with Gasteiger partial charge in [0.05, 0.1) is 17.2 Å². The molecule has 1 aliphatic heterocycles. The van der Waals surface area contributed by atoms with Crippen LogP contribution in [-0.4, -0.2) is 17.2 Å². The Morgan fingerprint density at radius 3 is 3.00 bits per heavy atom. The lowest BCUT2D eigenvalue weighted by atomic mass is 10.0. The molecule has 0 bridgehead atoms. The number of nitrogens with one attached hydrogen (secondary N) is 1. The molecule has 0 spiro atoms. The standard InChI is InChI=1S/C15H16N2OS/c16-9-11-5-3-6-12(11)17-15(18)14-8-10-4-1-2-7-13(10)19-14/h1-2,4,7,11-12,14H,3,5-6,8H2,(H,17,18). The second kappa shape index (κ2) is 5.26. The summed E-state index contributed by atoms with van der Waals surface area (Å²) in [6.45, 7) is 0. The number of fused-ring (bicyclic) bond motifs is 1. The van der Waals surface area contributed by atoms with Crippen molar-refractivity contribution in [3.63, 3.8) is 0 Å². The Labute approximate surface area is 117 Å². The van der Waals surface area contributed by atoms with Crippen molar-refractivity contribution in [2.45, 2.75) is 41.9 Å². The summed E-state index contributed by atoms with van der Waals surface area (Å²) in [5.74, 6) is 0.0890. The predicted molar refractivity (Wildman–Crippen MR) is 74.7 cm³/mol. The predicted octanol–water partition coefficient (Wildman–Crippen LogP) is 2.51. The first kappa shape index (κ1) is 12.6. The van der Waals surface area contributed by atoms with E-state index in [9.17, 15) is 4.79 Å². The van der Waals surface area contributed by atoms with E-state index in [-0.39, 0.29) is 23.1 Å². The number of hydrogen-bond acceptors (Lipinski definition) is 3. The van der Waals surface area contributed by atoms with Gasteiger partial charge in [-0.05, 0) is 37.3 Å². The molecule has 1 N–H and O–H groups in total. The molecule has 4 heteroatoms. The average Bonchev–Trinajstić information content (AvgIpc) is 3.03. The second-order valence-corrected chi connectivity index (χ2v) is 6.44. The quantitative estimate of drug-likeness (QED) is 0.900. The number of nitrogens with zero attached hydrogens (tertiary/aromatic N) is 1. The van der Waals surface area contributed by atoms with Crippen molar-refractivity contribution < 1.29 is 4.79 Å². The van der Waals surface area contributed by atoms with Gasteiger partial charge in [-0.2, -0.15) is 5.26 Å². The first-order valence-corrected chi connectivity index (χ1v) is 7.60. The van der Waals surface area contributed by atoms with Crippen molar-refractivity contribution in [1.82, 2.24) is 5.32 Å². The molecule has 0 saturated heterocycles. The van der Waals surface area contributed by atoms with E-state index >= 15 is 0 Å². The summed E-state index contributed by atoms with van der Waals surface area (Å²) in [7, 11) is 0. The molecule has 2 aliphatic rings. The van der Waals surface area contributed by atoms with E-state index in [1.54, 1.807) is 11.8 Å². The van der Waals surface area contributed by atoms with Crippen LogP contribution in [0.3, 0.4) is 0 Å². The van der Waals surface area contributed by atoms with Crippen LogP contribution in [0.15, 0.2) is 29.2 Å². The SMILES string of the molecule is N#CC1CCCC1NC(=O)C1Cc2ccccc2S1. The summed E-state index contributed by atoms with van der Waals surface area (Å²) < 4.78 is 0. The van der Waals surface area contributed by atoms with E-state index in [4.69, 9.17) is 5.26 Å². The lowest BCUT2D eigenvalue weighted by Crippen LogP contribution is -2.41. The van der Waals surface area contributed by atoms with Crippen molar-refractivity contribution >= 4 is 17.7 Å². The molecular weight excluding hydrogens is 256 g/mol. The molecule has 1 heterocycles. The van der Waals surface area contributed by atoms with E-state index in [0.29, 0.717) is 0 Å². The van der Waals surface area contributed by atoms with Gasteiger partial charge in [-0.3, -0.25) is 4.79 Å². The van der Waals surface area contributed by atoms with Crippen LogP contribution in [0.25, 0.3) is 0 Å². The van der Waals surface area contributed by atoms with Gasteiger partial charge in [0.15, 0.2) is 0 Å². The average molecular weight is 272 g/mol. The van der Waals surface area contributed by atoms with Crippen molar-refractivity contribution in [1.29, 1.82) is 5.26 Å². The Morgan fingerprint density at radius 2 is 2.21 bits per heavy atom. The fourth-order valence-corrected chi connectivity index (χ4v) is 4.10. The minimum Gasteiger partial charge on any atom is -0.351 e. The first-order valence-electron chi connectivity index (χ1n) is 6.72. The number of amides is 1. The summed E-state index contributed by atoms with van der Waals surface area (Å²) in [4.78, 5) is 13.5. The Morgan fingerprint density at radius 1 is 1.37 bits per heavy atom. The van der Waals surface area contributed by atoms with Crippen LogP contribution < -0.4 is 5.32 Å². The summed E-state index contributed by atoms with van der Waals surface area (Å²) in [6, 6.07) is 10.5. The number of carbonyl (C=O) groups is 1. The van der Waals surface area contributed by atoms with Crippen molar-refractivity contribution in [2.24, 2.45) is 5.92 Å². The van der Waals surface area contributed by atoms with Crippen LogP contribution in [0.1, 0.15) is 24.8 Å². The third-order valence-electron chi connectivity index (χ3n) is 3.95. The molecule has 1 aromatic carbocycles. The van der Waals surface area contributed by atoms with Gasteiger partial charge in [0.1, 0.15) is 0 Å². The third kappa shape index (κ3) is 2.48. The van der Waals surface area contributed by atoms with Crippen LogP contribution in [0.2, 0.25) is 0 Å². The molecule has 0 radical (unpaired) electrons. The molecule has 0 aromatic heterocycles. The number of hydrogen-bond donors (Lipinski definition) is 1. The highest BCUT2D eigenvalue weighted by atomic mass is 32.2. The zero-order chi connectivity index (χ0) is 13.2. The Bertz CT molecular complexity index is 512. The summed E-state index contributed by atoms with van der Waals surface area (Å²) >= 11 is 1.64. The van der Waals surface area contributed by atoms with E-state index in [1.807, 2.05) is 12.1 Å². The highest BCUT2D eigenvalue weighted by Gasteiger charge is 2.33. The number of benzene rings is 1. The molecule has 3 nitrogen and oxygen atoms in total. The molecule has 1 amide bonds. The lowest BCUT2D eigenvalue weighted by molar-refractivity contribution is -0.121. The van der Waals surface area contributed by atoms with Crippen molar-refractivity contribution in [3.8, 4) is 6.07 Å². The number of nitriles is 1. The maximum atomic E-state index is 12.3. The van der Waals surface area contributed by atoms with Crippen molar-refractivity contribution in [2.75, 3.05) is 0 Å². The molecule has 3 rings (SSSR count). The van der Waals surface area contributed by atoms with Crippen LogP contribution in [0.5, 0.6) is 0 Å². The Kier molecular flexibility index (Phi) is 3.48. The van der Waals surface area contributed by atoms with Gasteiger partial charge >= 0.3 is 0 Å². The first-order chi connectivity index (χ1) is 9.28. The minimum atomic E-state index is -0.0302. The van der Waals surface area contributed by atoms with E-state index in [1.165, 1.54) is 10.5 Å². The Balaban J connectivity index is 1.63. The smallest absolute Gasteiger partial charge is 0.234 e. The molecule has 1 saturated carbocycles. The Hall–Kier alpha value is -1.47. The zero-order valence-corrected chi connectivity index (χ0v) is 11.5. The van der Waals surface area contributed by atoms with Gasteiger partial charge in [0.25, 0.3) is 0 Å². The number of thioether (sulfide) groups is 1. The van der Waals surface area contributed by atoms with Gasteiger partial charge < -0.3 is 5.32 Å². The molecule has 1 aromatic rings. The van der Waals surface area contributed by atoms with E-state index in [2.05, 4.69) is 23.5 Å². The summed E-state index contributed by atoms with van der Waals surface area (Å²) in [6.07, 6.45) is 3.70. The zero-order valence-electron chi connectivity index (χ0n) is 10.6. The van der Waals surface area contributed by atoms with Gasteiger partial charge in [-0.25, -0.2) is 0 Å². The maximum Gasteiger partial charge on any atom is 0.234 e. The normalized spacial score (nSPS) is 28.7. The summed E-state index contributed by atoms with van der Waals surface area (Å²) in [5.41, 5.74) is 1.26. The fourth-order valence-electron chi connectivity index (χ4n) is 2.89. The highest BCUT2D eigenvalue weighted by Crippen LogP contribution is 2.37. The van der Waals surface area contributed by atoms with Gasteiger partial charge in [-0.15, -0.1) is 11.8 Å². The molecule has 19 heavy (non-hydrogen) atoms. The second-order valence-electron chi connectivity index (χ2n) is 5.20. The fraction of sp³-hybridized carbons (Fsp3) is 0.467. The largest absolute Gasteiger partial charge is 0.351 e. The summed E-state index contributed by atoms with van der Waals surface area (Å²) in [5, 5.41) is 12.1. The van der Waals surface area contributed by atoms with E-state index < -0.39 is 0 Å². The molecule has 1 fully saturated rings. The van der Waals surface area contributed by atoms with Gasteiger partial charge in [0.2, 0.25) is 5.91 Å². The van der Waals surface area contributed by atoms with Crippen molar-refractivity contribution in [3.05, 3.63) is 29.8 Å². The van der Waals surface area contributed by atoms with Crippen LogP contribution in [0.4, 0.5) is 0 Å².